The second-order valence-electron chi connectivity index (χ2n) is 5.52. The average Bonchev–Trinajstić information content (AvgIpc) is 2.79. The van der Waals surface area contributed by atoms with E-state index < -0.39 is 9.84 Å². The minimum absolute atomic E-state index is 0.0198. The fraction of sp³-hybridized carbons (Fsp3) is 0.533. The summed E-state index contributed by atoms with van der Waals surface area (Å²) in [7, 11) is -2.92. The zero-order valence-electron chi connectivity index (χ0n) is 12.5. The number of nitrogens with one attached hydrogen (secondary N) is 1. The molecule has 1 N–H and O–H groups in total. The summed E-state index contributed by atoms with van der Waals surface area (Å²) in [6.45, 7) is 4.18. The van der Waals surface area contributed by atoms with Crippen LogP contribution < -0.4 is 5.32 Å². The van der Waals surface area contributed by atoms with Crippen LogP contribution in [0, 0.1) is 0 Å². The van der Waals surface area contributed by atoms with Gasteiger partial charge in [-0.1, -0.05) is 25.1 Å². The lowest BCUT2D eigenvalue weighted by molar-refractivity contribution is 0.264. The molecule has 6 heteroatoms. The van der Waals surface area contributed by atoms with Crippen molar-refractivity contribution in [2.24, 2.45) is 0 Å². The first-order valence-electron chi connectivity index (χ1n) is 7.27. The molecule has 4 nitrogen and oxygen atoms in total. The van der Waals surface area contributed by atoms with Gasteiger partial charge in [0.05, 0.1) is 11.5 Å². The maximum absolute atomic E-state index is 11.7. The third kappa shape index (κ3) is 4.17. The predicted octanol–water partition coefficient (Wildman–Crippen LogP) is 2.67. The van der Waals surface area contributed by atoms with Gasteiger partial charge in [0.25, 0.3) is 0 Å². The molecule has 21 heavy (non-hydrogen) atoms. The number of thiocarbonyl (C=S) groups is 1. The molecule has 116 valence electrons. The first-order chi connectivity index (χ1) is 9.93. The summed E-state index contributed by atoms with van der Waals surface area (Å²) in [6, 6.07) is 9.93. The quantitative estimate of drug-likeness (QED) is 0.862. The highest BCUT2D eigenvalue weighted by atomic mass is 32.2. The van der Waals surface area contributed by atoms with Gasteiger partial charge in [0.15, 0.2) is 14.9 Å². The Morgan fingerprint density at radius 2 is 2.10 bits per heavy atom. The largest absolute Gasteiger partial charge is 0.342 e. The molecule has 0 aromatic heterocycles. The predicted molar refractivity (Wildman–Crippen MR) is 91.3 cm³/mol. The molecule has 1 saturated heterocycles. The number of hydrogen-bond donors (Lipinski definition) is 1. The summed E-state index contributed by atoms with van der Waals surface area (Å²) in [5.74, 6) is 0.465. The van der Waals surface area contributed by atoms with Gasteiger partial charge in [-0.25, -0.2) is 8.42 Å². The van der Waals surface area contributed by atoms with Crippen molar-refractivity contribution in [1.82, 2.24) is 4.90 Å². The zero-order chi connectivity index (χ0) is 15.5. The molecule has 1 heterocycles. The second kappa shape index (κ2) is 6.75. The lowest BCUT2D eigenvalue weighted by Gasteiger charge is -2.36. The summed E-state index contributed by atoms with van der Waals surface area (Å²) in [6.07, 6.45) is 1.58. The van der Waals surface area contributed by atoms with Crippen LogP contribution in [0.1, 0.15) is 26.7 Å². The van der Waals surface area contributed by atoms with Gasteiger partial charge in [-0.15, -0.1) is 0 Å². The Morgan fingerprint density at radius 3 is 2.62 bits per heavy atom. The van der Waals surface area contributed by atoms with Crippen molar-refractivity contribution in [1.29, 1.82) is 0 Å². The molecule has 0 spiro atoms. The molecule has 2 atom stereocenters. The lowest BCUT2D eigenvalue weighted by Crippen LogP contribution is -2.48. The topological polar surface area (TPSA) is 49.4 Å². The number of hydrogen-bond acceptors (Lipinski definition) is 3. The summed E-state index contributed by atoms with van der Waals surface area (Å²) >= 11 is 5.53. The standard InChI is InChI=1S/C15H22N2O2S2/c1-3-12(2)17(14-9-10-21(18,19)11-14)15(20)16-13-7-5-4-6-8-13/h4-8,12,14H,3,9-11H2,1-2H3,(H,16,20)/t12-,14-/m1/s1. The first kappa shape index (κ1) is 16.2. The van der Waals surface area contributed by atoms with Gasteiger partial charge in [-0.3, -0.25) is 0 Å². The Labute approximate surface area is 132 Å². The minimum atomic E-state index is -2.92. The number of para-hydroxylation sites is 1. The number of anilines is 1. The minimum Gasteiger partial charge on any atom is -0.342 e. The van der Waals surface area contributed by atoms with Gasteiger partial charge in [0.1, 0.15) is 0 Å². The molecular formula is C15H22N2O2S2. The van der Waals surface area contributed by atoms with E-state index in [2.05, 4.69) is 24.1 Å². The molecular weight excluding hydrogens is 304 g/mol. The molecule has 1 aromatic carbocycles. The molecule has 2 rings (SSSR count). The van der Waals surface area contributed by atoms with E-state index >= 15 is 0 Å². The number of rotatable bonds is 4. The van der Waals surface area contributed by atoms with Crippen molar-refractivity contribution in [2.45, 2.75) is 38.8 Å². The fourth-order valence-electron chi connectivity index (χ4n) is 2.63. The van der Waals surface area contributed by atoms with Crippen molar-refractivity contribution in [2.75, 3.05) is 16.8 Å². The van der Waals surface area contributed by atoms with Gasteiger partial charge in [0, 0.05) is 17.8 Å². The Bertz CT molecular complexity index is 587. The normalized spacial score (nSPS) is 21.7. The lowest BCUT2D eigenvalue weighted by atomic mass is 10.1. The van der Waals surface area contributed by atoms with Gasteiger partial charge in [0.2, 0.25) is 0 Å². The Morgan fingerprint density at radius 1 is 1.43 bits per heavy atom. The summed E-state index contributed by atoms with van der Waals surface area (Å²) in [4.78, 5) is 2.06. The van der Waals surface area contributed by atoms with E-state index in [1.54, 1.807) is 0 Å². The van der Waals surface area contributed by atoms with E-state index in [1.807, 2.05) is 30.3 Å². The monoisotopic (exact) mass is 326 g/mol. The molecule has 0 saturated carbocycles. The maximum Gasteiger partial charge on any atom is 0.173 e. The molecule has 0 bridgehead atoms. The molecule has 1 aliphatic rings. The second-order valence-corrected chi connectivity index (χ2v) is 8.13. The highest BCUT2D eigenvalue weighted by Crippen LogP contribution is 2.22. The Hall–Kier alpha value is -1.14. The van der Waals surface area contributed by atoms with E-state index in [-0.39, 0.29) is 23.6 Å². The van der Waals surface area contributed by atoms with E-state index in [0.717, 1.165) is 12.1 Å². The van der Waals surface area contributed by atoms with Crippen molar-refractivity contribution < 1.29 is 8.42 Å². The fourth-order valence-corrected chi connectivity index (χ4v) is 4.79. The van der Waals surface area contributed by atoms with Crippen LogP contribution in [0.4, 0.5) is 5.69 Å². The Balaban J connectivity index is 2.14. The molecule has 0 radical (unpaired) electrons. The van der Waals surface area contributed by atoms with Crippen LogP contribution in [-0.2, 0) is 9.84 Å². The molecule has 1 aliphatic heterocycles. The molecule has 1 aromatic rings. The van der Waals surface area contributed by atoms with Crippen LogP contribution in [0.2, 0.25) is 0 Å². The summed E-state index contributed by atoms with van der Waals surface area (Å²) < 4.78 is 23.5. The van der Waals surface area contributed by atoms with Crippen LogP contribution in [0.25, 0.3) is 0 Å². The summed E-state index contributed by atoms with van der Waals surface area (Å²) in [5.41, 5.74) is 0.927. The summed E-state index contributed by atoms with van der Waals surface area (Å²) in [5, 5.41) is 3.83. The molecule has 0 unspecified atom stereocenters. The first-order valence-corrected chi connectivity index (χ1v) is 9.50. The van der Waals surface area contributed by atoms with Crippen molar-refractivity contribution in [3.05, 3.63) is 30.3 Å². The van der Waals surface area contributed by atoms with Crippen molar-refractivity contribution in [3.63, 3.8) is 0 Å². The third-order valence-electron chi connectivity index (χ3n) is 3.93. The van der Waals surface area contributed by atoms with Gasteiger partial charge in [-0.05, 0) is 44.1 Å². The van der Waals surface area contributed by atoms with Crippen LogP contribution >= 0.6 is 12.2 Å². The van der Waals surface area contributed by atoms with Crippen LogP contribution in [0.5, 0.6) is 0 Å². The van der Waals surface area contributed by atoms with Crippen molar-refractivity contribution in [3.8, 4) is 0 Å². The number of sulfone groups is 1. The molecule has 0 aliphatic carbocycles. The highest BCUT2D eigenvalue weighted by Gasteiger charge is 2.35. The average molecular weight is 326 g/mol. The van der Waals surface area contributed by atoms with Gasteiger partial charge < -0.3 is 10.2 Å². The van der Waals surface area contributed by atoms with E-state index in [1.165, 1.54) is 0 Å². The van der Waals surface area contributed by atoms with Crippen molar-refractivity contribution >= 4 is 32.9 Å². The number of benzene rings is 1. The third-order valence-corrected chi connectivity index (χ3v) is 5.99. The van der Waals surface area contributed by atoms with E-state index in [9.17, 15) is 8.42 Å². The molecule has 1 fully saturated rings. The van der Waals surface area contributed by atoms with Crippen LogP contribution in [0.3, 0.4) is 0 Å². The van der Waals surface area contributed by atoms with Gasteiger partial charge in [-0.2, -0.15) is 0 Å². The van der Waals surface area contributed by atoms with Crippen LogP contribution in [-0.4, -0.2) is 42.0 Å². The highest BCUT2D eigenvalue weighted by molar-refractivity contribution is 7.91. The number of nitrogens with zero attached hydrogens (tertiary/aromatic N) is 1. The van der Waals surface area contributed by atoms with E-state index in [0.29, 0.717) is 11.5 Å². The zero-order valence-corrected chi connectivity index (χ0v) is 14.1. The maximum atomic E-state index is 11.7. The smallest absolute Gasteiger partial charge is 0.173 e. The SMILES string of the molecule is CC[C@@H](C)N(C(=S)Nc1ccccc1)[C@@H]1CCS(=O)(=O)C1. The Kier molecular flexibility index (Phi) is 5.22. The van der Waals surface area contributed by atoms with Gasteiger partial charge >= 0.3 is 0 Å². The van der Waals surface area contributed by atoms with Crippen LogP contribution in [0.15, 0.2) is 30.3 Å². The molecule has 0 amide bonds. The van der Waals surface area contributed by atoms with E-state index in [4.69, 9.17) is 12.2 Å².